The first-order valence-corrected chi connectivity index (χ1v) is 15.1. The number of rotatable bonds is 10. The van der Waals surface area contributed by atoms with Crippen LogP contribution in [0.3, 0.4) is 0 Å². The zero-order chi connectivity index (χ0) is 29.8. The molecule has 218 valence electrons. The minimum Gasteiger partial charge on any atom is -0.493 e. The van der Waals surface area contributed by atoms with Crippen molar-refractivity contribution in [2.24, 2.45) is 4.99 Å². The molecule has 2 aromatic carbocycles. The number of hydrogen-bond acceptors (Lipinski definition) is 9. The van der Waals surface area contributed by atoms with E-state index in [-0.39, 0.29) is 18.3 Å². The topological polar surface area (TPSA) is 97.6 Å². The van der Waals surface area contributed by atoms with Crippen molar-refractivity contribution in [3.05, 3.63) is 76.0 Å². The van der Waals surface area contributed by atoms with Crippen LogP contribution >= 0.6 is 33.9 Å². The van der Waals surface area contributed by atoms with Gasteiger partial charge in [0, 0.05) is 0 Å². The number of carbonyl (C=O) groups excluding carboxylic acids is 1. The van der Waals surface area contributed by atoms with Crippen LogP contribution in [0.1, 0.15) is 51.8 Å². The number of methoxy groups -OCH3 is 2. The van der Waals surface area contributed by atoms with E-state index in [1.165, 1.54) is 11.3 Å². The number of halogens is 1. The monoisotopic (exact) mass is 692 g/mol. The van der Waals surface area contributed by atoms with E-state index in [0.717, 1.165) is 9.13 Å². The Bertz CT molecular complexity index is 1670. The van der Waals surface area contributed by atoms with E-state index in [1.54, 1.807) is 50.8 Å². The maximum Gasteiger partial charge on any atom is 0.338 e. The van der Waals surface area contributed by atoms with Crippen molar-refractivity contribution in [3.8, 4) is 23.0 Å². The van der Waals surface area contributed by atoms with E-state index in [2.05, 4.69) is 27.6 Å². The number of thiazole rings is 1. The summed E-state index contributed by atoms with van der Waals surface area (Å²) in [5, 5.41) is 0. The van der Waals surface area contributed by atoms with E-state index in [1.807, 2.05) is 39.0 Å². The second-order valence-corrected chi connectivity index (χ2v) is 11.5. The highest BCUT2D eigenvalue weighted by Gasteiger charge is 2.34. The van der Waals surface area contributed by atoms with Gasteiger partial charge >= 0.3 is 5.97 Å². The Balaban J connectivity index is 1.94. The summed E-state index contributed by atoms with van der Waals surface area (Å²) >= 11 is 3.44. The molecule has 41 heavy (non-hydrogen) atoms. The van der Waals surface area contributed by atoms with Crippen molar-refractivity contribution < 1.29 is 28.5 Å². The summed E-state index contributed by atoms with van der Waals surface area (Å²) in [5.41, 5.74) is 1.95. The Morgan fingerprint density at radius 2 is 1.85 bits per heavy atom. The van der Waals surface area contributed by atoms with Gasteiger partial charge in [0.1, 0.15) is 0 Å². The van der Waals surface area contributed by atoms with Crippen LogP contribution in [0, 0.1) is 3.57 Å². The molecule has 0 N–H and O–H groups in total. The average Bonchev–Trinajstić information content (AvgIpc) is 3.22. The molecule has 0 spiro atoms. The molecule has 1 aromatic heterocycles. The lowest BCUT2D eigenvalue weighted by atomic mass is 9.95. The summed E-state index contributed by atoms with van der Waals surface area (Å²) in [6.45, 7) is 9.91. The second-order valence-electron chi connectivity index (χ2n) is 9.35. The maximum absolute atomic E-state index is 14.0. The zero-order valence-electron chi connectivity index (χ0n) is 24.1. The van der Waals surface area contributed by atoms with Gasteiger partial charge in [0.25, 0.3) is 5.56 Å². The summed E-state index contributed by atoms with van der Waals surface area (Å²) in [4.78, 5) is 32.4. The van der Waals surface area contributed by atoms with Crippen LogP contribution in [0.15, 0.2) is 51.4 Å². The summed E-state index contributed by atoms with van der Waals surface area (Å²) < 4.78 is 31.1. The Morgan fingerprint density at radius 1 is 1.10 bits per heavy atom. The second kappa shape index (κ2) is 13.1. The Hall–Kier alpha value is -3.32. The van der Waals surface area contributed by atoms with E-state index in [4.69, 9.17) is 23.7 Å². The van der Waals surface area contributed by atoms with Crippen molar-refractivity contribution in [2.45, 2.75) is 46.8 Å². The molecule has 0 saturated heterocycles. The Labute approximate surface area is 256 Å². The van der Waals surface area contributed by atoms with Crippen LogP contribution in [0.4, 0.5) is 0 Å². The number of carbonyl (C=O) groups is 1. The minimum atomic E-state index is -0.774. The van der Waals surface area contributed by atoms with Crippen LogP contribution in [-0.2, 0) is 9.53 Å². The first kappa shape index (κ1) is 30.6. The van der Waals surface area contributed by atoms with Gasteiger partial charge in [-0.15, -0.1) is 0 Å². The number of benzene rings is 2. The van der Waals surface area contributed by atoms with Crippen molar-refractivity contribution in [1.29, 1.82) is 0 Å². The zero-order valence-corrected chi connectivity index (χ0v) is 27.0. The normalized spacial score (nSPS) is 15.0. The molecule has 1 aliphatic heterocycles. The predicted molar refractivity (Wildman–Crippen MR) is 166 cm³/mol. The van der Waals surface area contributed by atoms with Crippen LogP contribution in [-0.4, -0.2) is 44.1 Å². The third-order valence-electron chi connectivity index (χ3n) is 6.22. The molecule has 2 heterocycles. The molecule has 0 radical (unpaired) electrons. The molecule has 9 nitrogen and oxygen atoms in total. The molecule has 11 heteroatoms. The molecule has 0 fully saturated rings. The molecule has 0 unspecified atom stereocenters. The number of fused-ring (bicyclic) bond motifs is 1. The summed E-state index contributed by atoms with van der Waals surface area (Å²) in [7, 11) is 3.15. The van der Waals surface area contributed by atoms with Gasteiger partial charge in [0.05, 0.1) is 59.0 Å². The van der Waals surface area contributed by atoms with E-state index < -0.39 is 12.0 Å². The Morgan fingerprint density at radius 3 is 2.49 bits per heavy atom. The number of aromatic nitrogens is 1. The van der Waals surface area contributed by atoms with Crippen molar-refractivity contribution in [1.82, 2.24) is 4.57 Å². The molecule has 3 aromatic rings. The lowest BCUT2D eigenvalue weighted by Crippen LogP contribution is -2.40. The molecule has 4 rings (SSSR count). The fraction of sp³-hybridized carbons (Fsp3) is 0.367. The molecule has 0 aliphatic carbocycles. The third kappa shape index (κ3) is 6.30. The average molecular weight is 693 g/mol. The third-order valence-corrected chi connectivity index (χ3v) is 8.00. The molecular weight excluding hydrogens is 659 g/mol. The maximum atomic E-state index is 14.0. The Kier molecular flexibility index (Phi) is 9.80. The van der Waals surface area contributed by atoms with Crippen LogP contribution in [0.25, 0.3) is 6.08 Å². The molecule has 0 amide bonds. The fourth-order valence-electron chi connectivity index (χ4n) is 4.60. The van der Waals surface area contributed by atoms with Gasteiger partial charge < -0.3 is 23.7 Å². The smallest absolute Gasteiger partial charge is 0.338 e. The van der Waals surface area contributed by atoms with Crippen molar-refractivity contribution in [2.75, 3.05) is 27.4 Å². The highest BCUT2D eigenvalue weighted by molar-refractivity contribution is 14.1. The number of esters is 1. The minimum absolute atomic E-state index is 0.0612. The van der Waals surface area contributed by atoms with Gasteiger partial charge in [-0.25, -0.2) is 9.79 Å². The lowest BCUT2D eigenvalue weighted by molar-refractivity contribution is -0.139. The first-order chi connectivity index (χ1) is 19.6. The summed E-state index contributed by atoms with van der Waals surface area (Å²) in [5.74, 6) is 1.76. The van der Waals surface area contributed by atoms with Crippen molar-refractivity contribution in [3.63, 3.8) is 0 Å². The van der Waals surface area contributed by atoms with Gasteiger partial charge in [0.15, 0.2) is 27.8 Å². The lowest BCUT2D eigenvalue weighted by Gasteiger charge is -2.25. The molecule has 0 bridgehead atoms. The van der Waals surface area contributed by atoms with E-state index in [0.29, 0.717) is 55.8 Å². The standard InChI is InChI=1S/C30H33IN2O7S/c1-8-38-23-13-18(12-20(31)27(23)37-7)14-24-28(34)33-26(19-10-11-21(40-16(3)4)22(15-19)36-6)25(29(35)39-9-2)17(5)32-30(33)41-24/h10-16,26H,8-9H2,1-7H3/b24-14+/t26-/m1/s1. The van der Waals surface area contributed by atoms with E-state index >= 15 is 0 Å². The number of allylic oxidation sites excluding steroid dienone is 1. The fourth-order valence-corrected chi connectivity index (χ4v) is 6.49. The number of nitrogens with zero attached hydrogens (tertiary/aromatic N) is 2. The summed E-state index contributed by atoms with van der Waals surface area (Å²) in [6, 6.07) is 8.40. The molecule has 0 saturated carbocycles. The highest BCUT2D eigenvalue weighted by atomic mass is 127. The predicted octanol–water partition coefficient (Wildman–Crippen LogP) is 4.61. The van der Waals surface area contributed by atoms with Gasteiger partial charge in [-0.3, -0.25) is 9.36 Å². The van der Waals surface area contributed by atoms with E-state index in [9.17, 15) is 9.59 Å². The quantitative estimate of drug-likeness (QED) is 0.226. The largest absolute Gasteiger partial charge is 0.493 e. The molecule has 1 aliphatic rings. The molecule has 1 atom stereocenters. The van der Waals surface area contributed by atoms with Gasteiger partial charge in [-0.2, -0.15) is 0 Å². The summed E-state index contributed by atoms with van der Waals surface area (Å²) in [6.07, 6.45) is 1.74. The van der Waals surface area contributed by atoms with Crippen LogP contribution in [0.5, 0.6) is 23.0 Å². The molecular formula is C30H33IN2O7S. The number of hydrogen-bond donors (Lipinski definition) is 0. The van der Waals surface area contributed by atoms with Gasteiger partial charge in [-0.05, 0) is 98.7 Å². The van der Waals surface area contributed by atoms with Gasteiger partial charge in [-0.1, -0.05) is 17.4 Å². The van der Waals surface area contributed by atoms with Crippen molar-refractivity contribution >= 4 is 46.0 Å². The first-order valence-electron chi connectivity index (χ1n) is 13.2. The highest BCUT2D eigenvalue weighted by Crippen LogP contribution is 2.37. The SMILES string of the molecule is CCOC(=O)C1=C(C)N=c2s/c(=C/c3cc(I)c(OC)c(OCC)c3)c(=O)n2[C@@H]1c1ccc(OC(C)C)c(OC)c1. The van der Waals surface area contributed by atoms with Crippen LogP contribution in [0.2, 0.25) is 0 Å². The van der Waals surface area contributed by atoms with Crippen LogP contribution < -0.4 is 33.8 Å². The number of ether oxygens (including phenoxy) is 5. The van der Waals surface area contributed by atoms with Gasteiger partial charge in [0.2, 0.25) is 0 Å².